The van der Waals surface area contributed by atoms with Crippen LogP contribution in [0.3, 0.4) is 0 Å². The van der Waals surface area contributed by atoms with Crippen molar-refractivity contribution in [2.75, 3.05) is 13.1 Å². The van der Waals surface area contributed by atoms with Crippen LogP contribution >= 0.6 is 12.4 Å². The number of piperidine rings is 1. The lowest BCUT2D eigenvalue weighted by Gasteiger charge is -2.32. The van der Waals surface area contributed by atoms with Gasteiger partial charge in [0.15, 0.2) is 5.82 Å². The largest absolute Gasteiger partial charge is 0.393 e. The Hall–Kier alpha value is -0.690. The van der Waals surface area contributed by atoms with Crippen LogP contribution in [0.25, 0.3) is 0 Å². The maximum Gasteiger partial charge on any atom is 0.240 e. The molecule has 1 aliphatic heterocycles. The van der Waals surface area contributed by atoms with Crippen LogP contribution < -0.4 is 5.73 Å². The first-order valence-electron chi connectivity index (χ1n) is 6.88. The third-order valence-electron chi connectivity index (χ3n) is 3.72. The van der Waals surface area contributed by atoms with Crippen molar-refractivity contribution in [2.24, 2.45) is 11.7 Å². The predicted octanol–water partition coefficient (Wildman–Crippen LogP) is 1.28. The zero-order chi connectivity index (χ0) is 14.0. The maximum absolute atomic E-state index is 9.57. The second-order valence-electron chi connectivity index (χ2n) is 6.09. The van der Waals surface area contributed by atoms with Gasteiger partial charge < -0.3 is 15.4 Å². The molecule has 1 saturated heterocycles. The Labute approximate surface area is 126 Å². The number of likely N-dealkylation sites (tertiary alicyclic amines) is 1. The van der Waals surface area contributed by atoms with E-state index in [0.29, 0.717) is 24.2 Å². The number of aliphatic hydroxyl groups excluding tert-OH is 1. The highest BCUT2D eigenvalue weighted by Crippen LogP contribution is 2.22. The predicted molar refractivity (Wildman–Crippen MR) is 78.4 cm³/mol. The molecule has 3 N–H and O–H groups in total. The van der Waals surface area contributed by atoms with Crippen LogP contribution in [0.5, 0.6) is 0 Å². The summed E-state index contributed by atoms with van der Waals surface area (Å²) >= 11 is 0. The quantitative estimate of drug-likeness (QED) is 0.871. The van der Waals surface area contributed by atoms with Gasteiger partial charge in [-0.15, -0.1) is 12.4 Å². The molecule has 0 spiro atoms. The van der Waals surface area contributed by atoms with E-state index < -0.39 is 5.54 Å². The fourth-order valence-electron chi connectivity index (χ4n) is 2.37. The Morgan fingerprint density at radius 1 is 1.45 bits per heavy atom. The van der Waals surface area contributed by atoms with Gasteiger partial charge in [-0.05, 0) is 52.6 Å². The lowest BCUT2D eigenvalue weighted by Crippen LogP contribution is -2.36. The topological polar surface area (TPSA) is 88.4 Å². The molecule has 1 unspecified atom stereocenters. The molecular weight excluding hydrogens is 280 g/mol. The van der Waals surface area contributed by atoms with Gasteiger partial charge in [-0.3, -0.25) is 4.90 Å². The number of aromatic nitrogens is 2. The van der Waals surface area contributed by atoms with Crippen LogP contribution in [0.4, 0.5) is 0 Å². The van der Waals surface area contributed by atoms with Crippen LogP contribution in [0, 0.1) is 5.92 Å². The molecule has 0 bridgehead atoms. The average molecular weight is 305 g/mol. The molecule has 0 aliphatic carbocycles. The summed E-state index contributed by atoms with van der Waals surface area (Å²) in [7, 11) is 0. The zero-order valence-electron chi connectivity index (χ0n) is 12.4. The molecule has 1 atom stereocenters. The molecule has 6 nitrogen and oxygen atoms in total. The van der Waals surface area contributed by atoms with Crippen molar-refractivity contribution >= 4 is 12.4 Å². The molecule has 0 amide bonds. The van der Waals surface area contributed by atoms with Gasteiger partial charge in [0, 0.05) is 0 Å². The number of nitrogens with two attached hydrogens (primary N) is 1. The highest BCUT2D eigenvalue weighted by Gasteiger charge is 2.25. The van der Waals surface area contributed by atoms with Crippen LogP contribution in [0.1, 0.15) is 45.3 Å². The van der Waals surface area contributed by atoms with Gasteiger partial charge in [-0.2, -0.15) is 4.98 Å². The Morgan fingerprint density at radius 3 is 2.50 bits per heavy atom. The number of nitrogens with zero attached hydrogens (tertiary/aromatic N) is 3. The Balaban J connectivity index is 0.00000200. The number of rotatable bonds is 4. The van der Waals surface area contributed by atoms with Gasteiger partial charge in [0.1, 0.15) is 0 Å². The molecule has 2 heterocycles. The molecule has 1 fully saturated rings. The summed E-state index contributed by atoms with van der Waals surface area (Å²) in [6.07, 6.45) is 1.82. The highest BCUT2D eigenvalue weighted by molar-refractivity contribution is 5.85. The van der Waals surface area contributed by atoms with Crippen molar-refractivity contribution in [3.8, 4) is 0 Å². The smallest absolute Gasteiger partial charge is 0.240 e. The zero-order valence-corrected chi connectivity index (χ0v) is 13.2. The van der Waals surface area contributed by atoms with Crippen molar-refractivity contribution in [2.45, 2.75) is 51.8 Å². The first kappa shape index (κ1) is 17.4. The van der Waals surface area contributed by atoms with Crippen molar-refractivity contribution in [1.82, 2.24) is 15.0 Å². The molecule has 0 aromatic carbocycles. The molecule has 0 saturated carbocycles. The number of hydrogen-bond acceptors (Lipinski definition) is 6. The Kier molecular flexibility index (Phi) is 5.94. The standard InChI is InChI=1S/C13H24N4O2.ClH/c1-9(18)10-4-6-17(7-5-10)8-11-15-12(16-19-11)13(2,3)14;/h9-10,18H,4-8,14H2,1-3H3;1H. The fraction of sp³-hybridized carbons (Fsp3) is 0.846. The van der Waals surface area contributed by atoms with E-state index in [9.17, 15) is 5.11 Å². The molecule has 7 heteroatoms. The van der Waals surface area contributed by atoms with E-state index in [0.717, 1.165) is 25.9 Å². The minimum absolute atomic E-state index is 0. The van der Waals surface area contributed by atoms with E-state index in [1.807, 2.05) is 20.8 Å². The van der Waals surface area contributed by atoms with E-state index in [2.05, 4.69) is 15.0 Å². The second-order valence-corrected chi connectivity index (χ2v) is 6.09. The second kappa shape index (κ2) is 6.85. The molecule has 1 aliphatic rings. The minimum atomic E-state index is -0.568. The third kappa shape index (κ3) is 4.41. The summed E-state index contributed by atoms with van der Waals surface area (Å²) in [5.74, 6) is 1.57. The van der Waals surface area contributed by atoms with Crippen LogP contribution in [-0.2, 0) is 12.1 Å². The van der Waals surface area contributed by atoms with Crippen molar-refractivity contribution < 1.29 is 9.63 Å². The molecular formula is C13H25ClN4O2. The van der Waals surface area contributed by atoms with E-state index in [4.69, 9.17) is 10.3 Å². The van der Waals surface area contributed by atoms with Crippen LogP contribution in [0.2, 0.25) is 0 Å². The Bertz CT molecular complexity index is 409. The number of aliphatic hydroxyl groups is 1. The van der Waals surface area contributed by atoms with Crippen LogP contribution in [-0.4, -0.2) is 39.3 Å². The minimum Gasteiger partial charge on any atom is -0.393 e. The van der Waals surface area contributed by atoms with Gasteiger partial charge >= 0.3 is 0 Å². The number of hydrogen-bond donors (Lipinski definition) is 2. The molecule has 1 aromatic rings. The Morgan fingerprint density at radius 2 is 2.05 bits per heavy atom. The molecule has 20 heavy (non-hydrogen) atoms. The lowest BCUT2D eigenvalue weighted by molar-refractivity contribution is 0.0660. The average Bonchev–Trinajstić information content (AvgIpc) is 2.78. The summed E-state index contributed by atoms with van der Waals surface area (Å²) in [6, 6.07) is 0. The lowest BCUT2D eigenvalue weighted by atomic mass is 9.92. The monoisotopic (exact) mass is 304 g/mol. The molecule has 116 valence electrons. The van der Waals surface area contributed by atoms with Crippen LogP contribution in [0.15, 0.2) is 4.52 Å². The summed E-state index contributed by atoms with van der Waals surface area (Å²) in [5.41, 5.74) is 5.36. The highest BCUT2D eigenvalue weighted by atomic mass is 35.5. The third-order valence-corrected chi connectivity index (χ3v) is 3.72. The summed E-state index contributed by atoms with van der Waals surface area (Å²) in [6.45, 7) is 8.16. The number of halogens is 1. The first-order chi connectivity index (χ1) is 8.86. The molecule has 0 radical (unpaired) electrons. The van der Waals surface area contributed by atoms with Gasteiger partial charge in [0.2, 0.25) is 5.89 Å². The molecule has 2 rings (SSSR count). The van der Waals surface area contributed by atoms with E-state index in [-0.39, 0.29) is 18.5 Å². The van der Waals surface area contributed by atoms with Gasteiger partial charge in [-0.25, -0.2) is 0 Å². The molecule has 1 aromatic heterocycles. The maximum atomic E-state index is 9.57. The summed E-state index contributed by atoms with van der Waals surface area (Å²) in [5, 5.41) is 13.5. The first-order valence-corrected chi connectivity index (χ1v) is 6.88. The van der Waals surface area contributed by atoms with Gasteiger partial charge in [0.05, 0.1) is 18.2 Å². The van der Waals surface area contributed by atoms with Gasteiger partial charge in [-0.1, -0.05) is 5.16 Å². The fourth-order valence-corrected chi connectivity index (χ4v) is 2.37. The van der Waals surface area contributed by atoms with Gasteiger partial charge in [0.25, 0.3) is 0 Å². The van der Waals surface area contributed by atoms with E-state index in [1.165, 1.54) is 0 Å². The van der Waals surface area contributed by atoms with E-state index in [1.54, 1.807) is 0 Å². The van der Waals surface area contributed by atoms with Crippen molar-refractivity contribution in [3.05, 3.63) is 11.7 Å². The normalized spacial score (nSPS) is 19.6. The summed E-state index contributed by atoms with van der Waals surface area (Å²) in [4.78, 5) is 6.61. The van der Waals surface area contributed by atoms with Crippen molar-refractivity contribution in [1.29, 1.82) is 0 Å². The SMILES string of the molecule is CC(O)C1CCN(Cc2nc(C(C)(C)N)no2)CC1.Cl. The summed E-state index contributed by atoms with van der Waals surface area (Å²) < 4.78 is 5.24. The van der Waals surface area contributed by atoms with E-state index >= 15 is 0 Å². The van der Waals surface area contributed by atoms with Crippen molar-refractivity contribution in [3.63, 3.8) is 0 Å².